The van der Waals surface area contributed by atoms with E-state index in [1.165, 1.54) is 38.5 Å². The van der Waals surface area contributed by atoms with E-state index in [2.05, 4.69) is 43.6 Å². The molecule has 5 heteroatoms. The van der Waals surface area contributed by atoms with Gasteiger partial charge >= 0.3 is 21.7 Å². The third-order valence-corrected chi connectivity index (χ3v) is 6.73. The average molecular weight is 456 g/mol. The van der Waals surface area contributed by atoms with Crippen LogP contribution in [-0.2, 0) is 21.7 Å². The summed E-state index contributed by atoms with van der Waals surface area (Å²) in [6, 6.07) is 0. The Morgan fingerprint density at radius 2 is 1.26 bits per heavy atom. The Morgan fingerprint density at radius 1 is 0.926 bits per heavy atom. The first-order valence-electron chi connectivity index (χ1n) is 10.6. The number of hydrogen-bond acceptors (Lipinski definition) is 2. The zero-order valence-electron chi connectivity index (χ0n) is 20.0. The van der Waals surface area contributed by atoms with E-state index >= 15 is 0 Å². The Morgan fingerprint density at radius 3 is 1.52 bits per heavy atom. The van der Waals surface area contributed by atoms with Crippen molar-refractivity contribution in [2.75, 3.05) is 13.3 Å². The predicted octanol–water partition coefficient (Wildman–Crippen LogP) is 5.31. The summed E-state index contributed by atoms with van der Waals surface area (Å²) in [7, 11) is 3.58. The predicted molar refractivity (Wildman–Crippen MR) is 124 cm³/mol. The van der Waals surface area contributed by atoms with Crippen molar-refractivity contribution >= 4 is 17.8 Å². The minimum atomic E-state index is -0.417. The van der Waals surface area contributed by atoms with E-state index in [9.17, 15) is 10.2 Å². The van der Waals surface area contributed by atoms with Gasteiger partial charge in [-0.2, -0.15) is 0 Å². The van der Waals surface area contributed by atoms with Crippen LogP contribution < -0.4 is 10.2 Å². The molecule has 5 unspecified atom stereocenters. The van der Waals surface area contributed by atoms with Crippen molar-refractivity contribution in [3.8, 4) is 0 Å². The molecular weight excluding hydrogens is 406 g/mol. The number of rotatable bonds is 5. The zero-order valence-corrected chi connectivity index (χ0v) is 23.7. The second-order valence-electron chi connectivity index (χ2n) is 8.03. The van der Waals surface area contributed by atoms with Gasteiger partial charge in [0.05, 0.1) is 0 Å². The average Bonchev–Trinajstić information content (AvgIpc) is 2.60. The van der Waals surface area contributed by atoms with E-state index in [-0.39, 0.29) is 21.7 Å². The van der Waals surface area contributed by atoms with Crippen molar-refractivity contribution in [2.24, 2.45) is 17.3 Å². The molecule has 2 nitrogen and oxygen atoms in total. The second-order valence-corrected chi connectivity index (χ2v) is 9.43. The van der Waals surface area contributed by atoms with Crippen LogP contribution in [0.15, 0.2) is 0 Å². The fraction of sp³-hybridized carbons (Fsp3) is 1.00. The second kappa shape index (κ2) is 22.2. The molecule has 0 aromatic heterocycles. The molecule has 0 spiro atoms. The topological polar surface area (TPSA) is 46.1 Å². The van der Waals surface area contributed by atoms with Gasteiger partial charge in [0.25, 0.3) is 0 Å². The van der Waals surface area contributed by atoms with Crippen molar-refractivity contribution in [1.82, 2.24) is 0 Å². The van der Waals surface area contributed by atoms with Crippen molar-refractivity contribution in [1.29, 1.82) is 0 Å². The Balaban J connectivity index is -0.000000202. The van der Waals surface area contributed by atoms with E-state index in [0.717, 1.165) is 26.1 Å². The SMILES string of the molecule is CC(C)[O-].CC(C)[O-].CCC(C)C1(C(C)CC)CCCC(PC)C1.CP.[Ti+2]. The minimum Gasteiger partial charge on any atom is -0.852 e. The molecule has 0 N–H and O–H groups in total. The monoisotopic (exact) mass is 456 g/mol. The van der Waals surface area contributed by atoms with Crippen LogP contribution in [-0.4, -0.2) is 31.2 Å². The van der Waals surface area contributed by atoms with Crippen LogP contribution in [0, 0.1) is 17.3 Å². The van der Waals surface area contributed by atoms with Gasteiger partial charge in [-0.1, -0.05) is 81.3 Å². The van der Waals surface area contributed by atoms with Gasteiger partial charge in [0.1, 0.15) is 0 Å². The van der Waals surface area contributed by atoms with E-state index in [4.69, 9.17) is 0 Å². The van der Waals surface area contributed by atoms with Gasteiger partial charge in [-0.3, -0.25) is 0 Å². The van der Waals surface area contributed by atoms with Gasteiger partial charge in [-0.15, -0.1) is 30.0 Å². The molecule has 1 aliphatic carbocycles. The van der Waals surface area contributed by atoms with Crippen LogP contribution in [0.2, 0.25) is 0 Å². The number of hydrogen-bond donors (Lipinski definition) is 0. The molecule has 27 heavy (non-hydrogen) atoms. The van der Waals surface area contributed by atoms with E-state index < -0.39 is 12.2 Å². The molecule has 1 saturated carbocycles. The van der Waals surface area contributed by atoms with Gasteiger partial charge in [0.2, 0.25) is 0 Å². The van der Waals surface area contributed by atoms with Gasteiger partial charge in [-0.05, 0) is 48.8 Å². The summed E-state index contributed by atoms with van der Waals surface area (Å²) in [5, 5.41) is 19.1. The molecule has 164 valence electrons. The van der Waals surface area contributed by atoms with Crippen LogP contribution in [0.5, 0.6) is 0 Å². The first kappa shape index (κ1) is 35.9. The standard InChI is InChI=1S/C15H31P.2C3H7O.CH5P.Ti/c1-6-12(3)15(13(4)7-2)10-8-9-14(11-15)16-5;2*1-3(2)4;1-2;/h12-14,16H,6-11H2,1-5H3;2*3H,1-2H3;2H2,1H3;/q;2*-1;;+2. The van der Waals surface area contributed by atoms with Crippen LogP contribution in [0.4, 0.5) is 0 Å². The third kappa shape index (κ3) is 18.0. The van der Waals surface area contributed by atoms with Crippen LogP contribution >= 0.6 is 17.8 Å². The Kier molecular flexibility index (Phi) is 29.5. The maximum absolute atomic E-state index is 9.53. The molecule has 0 heterocycles. The zero-order chi connectivity index (χ0) is 21.3. The van der Waals surface area contributed by atoms with Crippen molar-refractivity contribution in [3.63, 3.8) is 0 Å². The Bertz CT molecular complexity index is 268. The van der Waals surface area contributed by atoms with Crippen molar-refractivity contribution < 1.29 is 31.9 Å². The summed E-state index contributed by atoms with van der Waals surface area (Å²) in [6.45, 7) is 20.5. The molecule has 0 saturated heterocycles. The minimum absolute atomic E-state index is 0. The normalized spacial score (nSPS) is 23.9. The van der Waals surface area contributed by atoms with Gasteiger partial charge in [0.15, 0.2) is 0 Å². The Labute approximate surface area is 191 Å². The molecule has 1 fully saturated rings. The van der Waals surface area contributed by atoms with Crippen molar-refractivity contribution in [2.45, 2.75) is 112 Å². The smallest absolute Gasteiger partial charge is 0.852 e. The Hall–Kier alpha value is 1.49. The summed E-state index contributed by atoms with van der Waals surface area (Å²) >= 11 is 0. The van der Waals surface area contributed by atoms with Gasteiger partial charge < -0.3 is 10.2 Å². The van der Waals surface area contributed by atoms with Crippen LogP contribution in [0.3, 0.4) is 0 Å². The maximum atomic E-state index is 9.53. The fourth-order valence-electron chi connectivity index (χ4n) is 3.78. The summed E-state index contributed by atoms with van der Waals surface area (Å²) in [5.41, 5.74) is 1.71. The summed E-state index contributed by atoms with van der Waals surface area (Å²) in [5.74, 6) is 1.84. The maximum Gasteiger partial charge on any atom is 2.00 e. The van der Waals surface area contributed by atoms with Crippen LogP contribution in [0.25, 0.3) is 0 Å². The molecule has 0 bridgehead atoms. The first-order valence-corrected chi connectivity index (χ1v) is 13.4. The van der Waals surface area contributed by atoms with E-state index in [1.54, 1.807) is 27.7 Å². The fourth-order valence-corrected chi connectivity index (χ4v) is 4.86. The van der Waals surface area contributed by atoms with Crippen LogP contribution in [0.1, 0.15) is 93.9 Å². The summed E-state index contributed by atoms with van der Waals surface area (Å²) < 4.78 is 0. The first-order chi connectivity index (χ1) is 12.1. The summed E-state index contributed by atoms with van der Waals surface area (Å²) in [4.78, 5) is 0. The molecule has 0 aromatic carbocycles. The largest absolute Gasteiger partial charge is 2.00 e. The quantitative estimate of drug-likeness (QED) is 0.416. The van der Waals surface area contributed by atoms with Crippen molar-refractivity contribution in [3.05, 3.63) is 0 Å². The molecule has 0 aliphatic heterocycles. The molecular formula is C22H50O2P2Ti. The van der Waals surface area contributed by atoms with Gasteiger partial charge in [-0.25, -0.2) is 0 Å². The summed E-state index contributed by atoms with van der Waals surface area (Å²) in [6.07, 6.45) is 7.90. The van der Waals surface area contributed by atoms with E-state index in [0.29, 0.717) is 5.41 Å². The third-order valence-electron chi connectivity index (χ3n) is 5.42. The van der Waals surface area contributed by atoms with E-state index in [1.807, 2.05) is 6.66 Å². The molecule has 0 amide bonds. The molecule has 1 aliphatic rings. The molecule has 0 aromatic rings. The van der Waals surface area contributed by atoms with Gasteiger partial charge in [0, 0.05) is 0 Å². The molecule has 1 rings (SSSR count). The molecule has 0 radical (unpaired) electrons. The molecule has 5 atom stereocenters.